The number of aryl methyl sites for hydroxylation is 2. The molecule has 1 fully saturated rings. The van der Waals surface area contributed by atoms with Crippen LogP contribution >= 0.6 is 0 Å². The number of pyridine rings is 1. The molecule has 1 aliphatic rings. The minimum Gasteiger partial charge on any atom is -0.356 e. The summed E-state index contributed by atoms with van der Waals surface area (Å²) in [5, 5.41) is 4.03. The maximum Gasteiger partial charge on any atom is 0.226 e. The standard InChI is InChI=1S/C22H22N8O/c1-15-13-19(31-28-15)18-14-26-22(27-20(18)17-5-3-6-23-16(17)2)30-11-9-29(10-12-30)21-24-7-4-8-25-21/h3-8,13-14H,9-12H2,1-2H3. The van der Waals surface area contributed by atoms with Gasteiger partial charge in [-0.2, -0.15) is 0 Å². The normalized spacial score (nSPS) is 14.1. The van der Waals surface area contributed by atoms with Gasteiger partial charge < -0.3 is 14.3 Å². The Balaban J connectivity index is 1.47. The highest BCUT2D eigenvalue weighted by molar-refractivity contribution is 5.79. The molecule has 1 saturated heterocycles. The van der Waals surface area contributed by atoms with Gasteiger partial charge in [0.2, 0.25) is 11.9 Å². The molecule has 0 spiro atoms. The van der Waals surface area contributed by atoms with E-state index in [1.807, 2.05) is 44.3 Å². The van der Waals surface area contributed by atoms with Crippen molar-refractivity contribution in [3.8, 4) is 22.6 Å². The lowest BCUT2D eigenvalue weighted by Gasteiger charge is -2.34. The Morgan fingerprint density at radius 3 is 2.19 bits per heavy atom. The van der Waals surface area contributed by atoms with Crippen molar-refractivity contribution in [2.75, 3.05) is 36.0 Å². The number of anilines is 2. The van der Waals surface area contributed by atoms with E-state index >= 15 is 0 Å². The third-order valence-electron chi connectivity index (χ3n) is 5.33. The topological polar surface area (TPSA) is 97.0 Å². The second-order valence-corrected chi connectivity index (χ2v) is 7.42. The molecule has 0 atom stereocenters. The van der Waals surface area contributed by atoms with E-state index in [0.29, 0.717) is 11.7 Å². The average Bonchev–Trinajstić information content (AvgIpc) is 3.26. The zero-order chi connectivity index (χ0) is 21.2. The Bertz CT molecular complexity index is 1190. The molecule has 9 nitrogen and oxygen atoms in total. The van der Waals surface area contributed by atoms with Gasteiger partial charge in [-0.1, -0.05) is 5.16 Å². The van der Waals surface area contributed by atoms with Gasteiger partial charge in [-0.05, 0) is 32.0 Å². The fourth-order valence-corrected chi connectivity index (χ4v) is 3.70. The van der Waals surface area contributed by atoms with Crippen LogP contribution in [0.5, 0.6) is 0 Å². The molecule has 0 amide bonds. The van der Waals surface area contributed by atoms with Gasteiger partial charge in [0, 0.05) is 68.3 Å². The molecular weight excluding hydrogens is 392 g/mol. The first-order chi connectivity index (χ1) is 15.2. The fourth-order valence-electron chi connectivity index (χ4n) is 3.70. The number of aromatic nitrogens is 6. The third-order valence-corrected chi connectivity index (χ3v) is 5.33. The minimum absolute atomic E-state index is 0.647. The van der Waals surface area contributed by atoms with Gasteiger partial charge in [-0.25, -0.2) is 19.9 Å². The van der Waals surface area contributed by atoms with Crippen LogP contribution in [-0.2, 0) is 0 Å². The summed E-state index contributed by atoms with van der Waals surface area (Å²) in [6.45, 7) is 7.04. The van der Waals surface area contributed by atoms with Crippen molar-refractivity contribution >= 4 is 11.9 Å². The summed E-state index contributed by atoms with van der Waals surface area (Å²) in [6.07, 6.45) is 7.13. The molecule has 5 heterocycles. The third kappa shape index (κ3) is 3.81. The van der Waals surface area contributed by atoms with Crippen molar-refractivity contribution in [1.82, 2.24) is 30.1 Å². The number of hydrogen-bond acceptors (Lipinski definition) is 9. The molecule has 9 heteroatoms. The van der Waals surface area contributed by atoms with E-state index in [-0.39, 0.29) is 0 Å². The Kier molecular flexibility index (Phi) is 4.99. The smallest absolute Gasteiger partial charge is 0.226 e. The maximum absolute atomic E-state index is 5.52. The van der Waals surface area contributed by atoms with E-state index in [2.05, 4.69) is 34.9 Å². The molecule has 5 rings (SSSR count). The first-order valence-corrected chi connectivity index (χ1v) is 10.2. The van der Waals surface area contributed by atoms with Crippen LogP contribution in [0.25, 0.3) is 22.6 Å². The highest BCUT2D eigenvalue weighted by Gasteiger charge is 2.23. The molecular formula is C22H22N8O. The molecule has 0 unspecified atom stereocenters. The lowest BCUT2D eigenvalue weighted by atomic mass is 10.0. The molecule has 4 aromatic heterocycles. The summed E-state index contributed by atoms with van der Waals surface area (Å²) in [5.74, 6) is 2.09. The average molecular weight is 414 g/mol. The summed E-state index contributed by atoms with van der Waals surface area (Å²) in [7, 11) is 0. The molecule has 0 N–H and O–H groups in total. The lowest BCUT2D eigenvalue weighted by Crippen LogP contribution is -2.47. The summed E-state index contributed by atoms with van der Waals surface area (Å²) < 4.78 is 5.52. The van der Waals surface area contributed by atoms with Gasteiger partial charge in [-0.15, -0.1) is 0 Å². The lowest BCUT2D eigenvalue weighted by molar-refractivity contribution is 0.427. The van der Waals surface area contributed by atoms with E-state index in [4.69, 9.17) is 9.51 Å². The summed E-state index contributed by atoms with van der Waals surface area (Å²) >= 11 is 0. The predicted octanol–water partition coefficient (Wildman–Crippen LogP) is 2.93. The Morgan fingerprint density at radius 1 is 0.806 bits per heavy atom. The minimum atomic E-state index is 0.647. The monoisotopic (exact) mass is 414 g/mol. The largest absolute Gasteiger partial charge is 0.356 e. The van der Waals surface area contributed by atoms with Crippen LogP contribution in [0, 0.1) is 13.8 Å². The Labute approximate surface area is 179 Å². The Morgan fingerprint density at radius 2 is 1.52 bits per heavy atom. The molecule has 1 aliphatic heterocycles. The van der Waals surface area contributed by atoms with Crippen LogP contribution in [0.2, 0.25) is 0 Å². The van der Waals surface area contributed by atoms with E-state index in [1.165, 1.54) is 0 Å². The molecule has 0 saturated carbocycles. The van der Waals surface area contributed by atoms with Crippen molar-refractivity contribution < 1.29 is 4.52 Å². The molecule has 31 heavy (non-hydrogen) atoms. The number of nitrogens with zero attached hydrogens (tertiary/aromatic N) is 8. The van der Waals surface area contributed by atoms with Crippen LogP contribution in [0.15, 0.2) is 53.6 Å². The molecule has 0 aliphatic carbocycles. The Hall–Kier alpha value is -3.88. The van der Waals surface area contributed by atoms with Crippen molar-refractivity contribution in [2.45, 2.75) is 13.8 Å². The predicted molar refractivity (Wildman–Crippen MR) is 117 cm³/mol. The van der Waals surface area contributed by atoms with Gasteiger partial charge in [0.05, 0.1) is 17.0 Å². The second kappa shape index (κ2) is 8.10. The summed E-state index contributed by atoms with van der Waals surface area (Å²) in [6, 6.07) is 7.66. The number of hydrogen-bond donors (Lipinski definition) is 0. The van der Waals surface area contributed by atoms with E-state index in [9.17, 15) is 0 Å². The number of rotatable bonds is 4. The van der Waals surface area contributed by atoms with Gasteiger partial charge >= 0.3 is 0 Å². The van der Waals surface area contributed by atoms with Crippen LogP contribution in [0.1, 0.15) is 11.4 Å². The van der Waals surface area contributed by atoms with Crippen molar-refractivity contribution in [3.05, 3.63) is 60.4 Å². The van der Waals surface area contributed by atoms with Crippen molar-refractivity contribution in [3.63, 3.8) is 0 Å². The second-order valence-electron chi connectivity index (χ2n) is 7.42. The van der Waals surface area contributed by atoms with Crippen LogP contribution in [-0.4, -0.2) is 56.3 Å². The summed E-state index contributed by atoms with van der Waals surface area (Å²) in [4.78, 5) is 27.1. The van der Waals surface area contributed by atoms with Crippen LogP contribution in [0.4, 0.5) is 11.9 Å². The van der Waals surface area contributed by atoms with Gasteiger partial charge in [0.1, 0.15) is 0 Å². The molecule has 156 valence electrons. The van der Waals surface area contributed by atoms with Crippen molar-refractivity contribution in [2.24, 2.45) is 0 Å². The van der Waals surface area contributed by atoms with E-state index in [0.717, 1.165) is 60.3 Å². The summed E-state index contributed by atoms with van der Waals surface area (Å²) in [5.41, 5.74) is 4.26. The zero-order valence-electron chi connectivity index (χ0n) is 17.4. The van der Waals surface area contributed by atoms with Gasteiger partial charge in [-0.3, -0.25) is 4.98 Å². The van der Waals surface area contributed by atoms with Gasteiger partial charge in [0.25, 0.3) is 0 Å². The van der Waals surface area contributed by atoms with Crippen LogP contribution in [0.3, 0.4) is 0 Å². The molecule has 4 aromatic rings. The van der Waals surface area contributed by atoms with Gasteiger partial charge in [0.15, 0.2) is 5.76 Å². The molecule has 0 radical (unpaired) electrons. The molecule has 0 aromatic carbocycles. The fraction of sp³-hybridized carbons (Fsp3) is 0.273. The first kappa shape index (κ1) is 19.1. The zero-order valence-corrected chi connectivity index (χ0v) is 17.4. The first-order valence-electron chi connectivity index (χ1n) is 10.2. The highest BCUT2D eigenvalue weighted by Crippen LogP contribution is 2.33. The van der Waals surface area contributed by atoms with Crippen LogP contribution < -0.4 is 9.80 Å². The van der Waals surface area contributed by atoms with E-state index < -0.39 is 0 Å². The van der Waals surface area contributed by atoms with E-state index in [1.54, 1.807) is 18.6 Å². The maximum atomic E-state index is 5.52. The highest BCUT2D eigenvalue weighted by atomic mass is 16.5. The SMILES string of the molecule is Cc1cc(-c2cnc(N3CCN(c4ncccn4)CC3)nc2-c2cccnc2C)on1. The van der Waals surface area contributed by atoms with Crippen molar-refractivity contribution in [1.29, 1.82) is 0 Å². The number of piperazine rings is 1. The molecule has 0 bridgehead atoms. The quantitative estimate of drug-likeness (QED) is 0.499.